The molecule has 35 heavy (non-hydrogen) atoms. The van der Waals surface area contributed by atoms with E-state index in [1.54, 1.807) is 13.3 Å². The lowest BCUT2D eigenvalue weighted by Crippen LogP contribution is -2.38. The first-order valence-electron chi connectivity index (χ1n) is 11.2. The Morgan fingerprint density at radius 3 is 2.60 bits per heavy atom. The van der Waals surface area contributed by atoms with Gasteiger partial charge in [0.1, 0.15) is 0 Å². The molecule has 0 radical (unpaired) electrons. The molecule has 0 aliphatic carbocycles. The van der Waals surface area contributed by atoms with Crippen LogP contribution in [-0.4, -0.2) is 70.7 Å². The van der Waals surface area contributed by atoms with Crippen molar-refractivity contribution in [3.63, 3.8) is 0 Å². The van der Waals surface area contributed by atoms with E-state index in [0.717, 1.165) is 4.88 Å². The lowest BCUT2D eigenvalue weighted by molar-refractivity contribution is -0.110. The fourth-order valence-corrected chi connectivity index (χ4v) is 5.66. The van der Waals surface area contributed by atoms with Crippen molar-refractivity contribution in [1.82, 2.24) is 9.71 Å². The molecule has 4 rings (SSSR count). The molecule has 1 aromatic carbocycles. The summed E-state index contributed by atoms with van der Waals surface area (Å²) in [6, 6.07) is 5.78. The number of rotatable bonds is 10. The number of carbonyl (C=O) groups is 1. The summed E-state index contributed by atoms with van der Waals surface area (Å²) < 4.78 is 44.0. The molecule has 11 nitrogen and oxygen atoms in total. The number of benzene rings is 1. The van der Waals surface area contributed by atoms with E-state index < -0.39 is 15.9 Å². The van der Waals surface area contributed by atoms with Gasteiger partial charge in [0.25, 0.3) is 5.91 Å². The summed E-state index contributed by atoms with van der Waals surface area (Å²) in [6.45, 7) is 2.39. The second-order valence-electron chi connectivity index (χ2n) is 8.08. The van der Waals surface area contributed by atoms with Crippen LogP contribution in [0.2, 0.25) is 0 Å². The van der Waals surface area contributed by atoms with Crippen molar-refractivity contribution in [3.8, 4) is 0 Å². The Morgan fingerprint density at radius 1 is 1.17 bits per heavy atom. The molecular weight excluding hydrogens is 496 g/mol. The molecule has 0 unspecified atom stereocenters. The van der Waals surface area contributed by atoms with E-state index in [0.29, 0.717) is 63.0 Å². The molecule has 2 N–H and O–H groups in total. The molecule has 0 spiro atoms. The van der Waals surface area contributed by atoms with Gasteiger partial charge in [0.2, 0.25) is 10.0 Å². The summed E-state index contributed by atoms with van der Waals surface area (Å²) in [5.74, 6) is -0.529. The number of nitrogens with one attached hydrogen (secondary N) is 2. The van der Waals surface area contributed by atoms with Crippen molar-refractivity contribution in [2.75, 3.05) is 38.9 Å². The van der Waals surface area contributed by atoms with E-state index in [2.05, 4.69) is 20.2 Å². The fraction of sp³-hybridized carbons (Fsp3) is 0.500. The van der Waals surface area contributed by atoms with E-state index in [9.17, 15) is 13.2 Å². The topological polar surface area (TPSA) is 137 Å². The third-order valence-electron chi connectivity index (χ3n) is 5.44. The monoisotopic (exact) mass is 524 g/mol. The van der Waals surface area contributed by atoms with Gasteiger partial charge in [-0.2, -0.15) is 0 Å². The minimum absolute atomic E-state index is 0.00160. The van der Waals surface area contributed by atoms with Crippen LogP contribution in [0.25, 0.3) is 0 Å². The first kappa shape index (κ1) is 25.7. The van der Waals surface area contributed by atoms with Gasteiger partial charge < -0.3 is 19.0 Å². The predicted octanol–water partition coefficient (Wildman–Crippen LogP) is 1.90. The van der Waals surface area contributed by atoms with Gasteiger partial charge in [-0.1, -0.05) is 28.6 Å². The van der Waals surface area contributed by atoms with Gasteiger partial charge >= 0.3 is 0 Å². The molecule has 13 heteroatoms. The highest BCUT2D eigenvalue weighted by molar-refractivity contribution is 7.89. The van der Waals surface area contributed by atoms with Crippen molar-refractivity contribution in [1.29, 1.82) is 0 Å². The Morgan fingerprint density at radius 2 is 1.91 bits per heavy atom. The van der Waals surface area contributed by atoms with Crippen LogP contribution in [0.1, 0.15) is 29.7 Å². The standard InChI is InChI=1S/C22H28N4O7S2/c1-30-14-18-12-23-22(34-18)24-21(27)20(25-33-17-8-11-32-13-17)15-2-4-19(5-3-15)35(28,29)26-16-6-9-31-10-7-16/h2-5,12,16-17,26H,6-11,13-14H2,1H3,(H,23,24,27)/t17-/m1/s1. The first-order chi connectivity index (χ1) is 16.9. The van der Waals surface area contributed by atoms with Crippen molar-refractivity contribution in [2.24, 2.45) is 5.16 Å². The second-order valence-corrected chi connectivity index (χ2v) is 10.9. The highest BCUT2D eigenvalue weighted by atomic mass is 32.2. The lowest BCUT2D eigenvalue weighted by Gasteiger charge is -2.23. The number of ether oxygens (including phenoxy) is 3. The molecule has 2 aliphatic heterocycles. The summed E-state index contributed by atoms with van der Waals surface area (Å²) in [5, 5.41) is 7.21. The highest BCUT2D eigenvalue weighted by Gasteiger charge is 2.24. The number of oxime groups is 1. The summed E-state index contributed by atoms with van der Waals surface area (Å²) >= 11 is 1.28. The van der Waals surface area contributed by atoms with Crippen molar-refractivity contribution in [3.05, 3.63) is 40.9 Å². The quantitative estimate of drug-likeness (QED) is 0.355. The van der Waals surface area contributed by atoms with Crippen LogP contribution >= 0.6 is 11.3 Å². The summed E-state index contributed by atoms with van der Waals surface area (Å²) in [5.41, 5.74) is 0.404. The largest absolute Gasteiger partial charge is 0.389 e. The van der Waals surface area contributed by atoms with Crippen LogP contribution in [0.5, 0.6) is 0 Å². The average Bonchev–Trinajstić information content (AvgIpc) is 3.52. The van der Waals surface area contributed by atoms with Crippen LogP contribution in [0.3, 0.4) is 0 Å². The second kappa shape index (κ2) is 12.0. The van der Waals surface area contributed by atoms with E-state index in [1.165, 1.54) is 35.6 Å². The number of amides is 1. The number of sulfonamides is 1. The fourth-order valence-electron chi connectivity index (χ4n) is 3.57. The van der Waals surface area contributed by atoms with Crippen LogP contribution in [0, 0.1) is 0 Å². The van der Waals surface area contributed by atoms with E-state index in [1.807, 2.05) is 0 Å². The number of methoxy groups -OCH3 is 1. The third-order valence-corrected chi connectivity index (χ3v) is 7.86. The molecule has 2 aromatic rings. The highest BCUT2D eigenvalue weighted by Crippen LogP contribution is 2.20. The van der Waals surface area contributed by atoms with Gasteiger partial charge in [-0.25, -0.2) is 18.1 Å². The number of hydrogen-bond donors (Lipinski definition) is 2. The SMILES string of the molecule is COCc1cnc(NC(=O)C(=NO[C@@H]2CCOC2)c2ccc(S(=O)(=O)NC3CCOCC3)cc2)s1. The van der Waals surface area contributed by atoms with Crippen LogP contribution < -0.4 is 10.0 Å². The Balaban J connectivity index is 1.51. The minimum Gasteiger partial charge on any atom is -0.389 e. The minimum atomic E-state index is -3.71. The molecular formula is C22H28N4O7S2. The van der Waals surface area contributed by atoms with Gasteiger partial charge in [-0.3, -0.25) is 10.1 Å². The smallest absolute Gasteiger partial charge is 0.280 e. The van der Waals surface area contributed by atoms with Crippen molar-refractivity contribution < 1.29 is 32.3 Å². The maximum Gasteiger partial charge on any atom is 0.280 e. The zero-order chi connectivity index (χ0) is 24.7. The number of carbonyl (C=O) groups excluding carboxylic acids is 1. The first-order valence-corrected chi connectivity index (χ1v) is 13.5. The van der Waals surface area contributed by atoms with Gasteiger partial charge in [-0.05, 0) is 25.0 Å². The average molecular weight is 525 g/mol. The zero-order valence-electron chi connectivity index (χ0n) is 19.3. The number of anilines is 1. The number of hydrogen-bond acceptors (Lipinski definition) is 10. The molecule has 3 heterocycles. The molecule has 190 valence electrons. The lowest BCUT2D eigenvalue weighted by atomic mass is 10.1. The van der Waals surface area contributed by atoms with Gasteiger partial charge in [-0.15, -0.1) is 0 Å². The molecule has 1 aromatic heterocycles. The Labute approximate surface area is 207 Å². The number of aromatic nitrogens is 1. The van der Waals surface area contributed by atoms with Crippen LogP contribution in [0.4, 0.5) is 5.13 Å². The molecule has 2 aliphatic rings. The molecule has 2 saturated heterocycles. The number of thiazole rings is 1. The van der Waals surface area contributed by atoms with E-state index >= 15 is 0 Å². The molecule has 0 bridgehead atoms. The molecule has 1 atom stereocenters. The van der Waals surface area contributed by atoms with Gasteiger partial charge in [0.05, 0.1) is 29.6 Å². The zero-order valence-corrected chi connectivity index (χ0v) is 20.9. The summed E-state index contributed by atoms with van der Waals surface area (Å²) in [4.78, 5) is 23.7. The van der Waals surface area contributed by atoms with E-state index in [4.69, 9.17) is 19.0 Å². The maximum atomic E-state index is 13.1. The van der Waals surface area contributed by atoms with Crippen LogP contribution in [-0.2, 0) is 40.5 Å². The Kier molecular flexibility index (Phi) is 8.81. The Hall–Kier alpha value is -2.42. The van der Waals surface area contributed by atoms with Crippen molar-refractivity contribution >= 4 is 38.1 Å². The summed E-state index contributed by atoms with van der Waals surface area (Å²) in [7, 11) is -2.13. The normalized spacial score (nSPS) is 19.6. The van der Waals surface area contributed by atoms with Gasteiger partial charge in [0, 0.05) is 44.5 Å². The van der Waals surface area contributed by atoms with Crippen LogP contribution in [0.15, 0.2) is 40.5 Å². The summed E-state index contributed by atoms with van der Waals surface area (Å²) in [6.07, 6.45) is 3.28. The predicted molar refractivity (Wildman–Crippen MR) is 129 cm³/mol. The third kappa shape index (κ3) is 7.06. The number of nitrogens with zero attached hydrogens (tertiary/aromatic N) is 2. The Bertz CT molecular complexity index is 1120. The maximum absolute atomic E-state index is 13.1. The molecule has 0 saturated carbocycles. The molecule has 1 amide bonds. The van der Waals surface area contributed by atoms with E-state index in [-0.39, 0.29) is 22.8 Å². The van der Waals surface area contributed by atoms with Gasteiger partial charge in [0.15, 0.2) is 16.9 Å². The van der Waals surface area contributed by atoms with Crippen molar-refractivity contribution in [2.45, 2.75) is 42.9 Å². The molecule has 2 fully saturated rings.